The number of hydrogen-bond acceptors (Lipinski definition) is 6. The second-order valence-corrected chi connectivity index (χ2v) is 8.05. The van der Waals surface area contributed by atoms with Crippen LogP contribution in [0.3, 0.4) is 0 Å². The molecule has 1 unspecified atom stereocenters. The van der Waals surface area contributed by atoms with E-state index >= 15 is 0 Å². The van der Waals surface area contributed by atoms with Crippen molar-refractivity contribution in [2.75, 3.05) is 13.7 Å². The van der Waals surface area contributed by atoms with Gasteiger partial charge in [-0.1, -0.05) is 0 Å². The number of ether oxygens (including phenoxy) is 1. The number of likely N-dealkylation sites (tertiary alicyclic amines) is 1. The molecule has 30 heavy (non-hydrogen) atoms. The van der Waals surface area contributed by atoms with Crippen LogP contribution in [-0.2, 0) is 6.54 Å². The van der Waals surface area contributed by atoms with Crippen LogP contribution in [0, 0.1) is 5.92 Å². The molecule has 2 aromatic heterocycles. The molecule has 8 heteroatoms. The highest BCUT2D eigenvalue weighted by Gasteiger charge is 2.35. The maximum Gasteiger partial charge on any atom is 0.277 e. The van der Waals surface area contributed by atoms with Crippen LogP contribution in [0.5, 0.6) is 5.75 Å². The topological polar surface area (TPSA) is 86.3 Å². The van der Waals surface area contributed by atoms with E-state index in [0.29, 0.717) is 23.9 Å². The lowest BCUT2D eigenvalue weighted by Gasteiger charge is -2.34. The van der Waals surface area contributed by atoms with Gasteiger partial charge in [0.25, 0.3) is 5.91 Å². The lowest BCUT2D eigenvalue weighted by atomic mass is 10.00. The number of rotatable bonds is 6. The third kappa shape index (κ3) is 3.58. The van der Waals surface area contributed by atoms with E-state index in [0.717, 1.165) is 42.9 Å². The molecule has 0 radical (unpaired) electrons. The van der Waals surface area contributed by atoms with E-state index < -0.39 is 0 Å². The molecular weight excluding hydrogens is 382 g/mol. The number of aromatic nitrogens is 4. The van der Waals surface area contributed by atoms with Crippen LogP contribution in [0.4, 0.5) is 0 Å². The van der Waals surface area contributed by atoms with Crippen molar-refractivity contribution in [1.29, 1.82) is 0 Å². The molecule has 1 atom stereocenters. The Hall–Kier alpha value is -3.16. The SMILES string of the molecule is COc1ccc(-c2ocnc2C(=O)N2CCCCC2c2nncn2CC2CC2)cc1. The van der Waals surface area contributed by atoms with Crippen molar-refractivity contribution < 1.29 is 13.9 Å². The third-order valence-corrected chi connectivity index (χ3v) is 5.98. The van der Waals surface area contributed by atoms with Gasteiger partial charge in [0, 0.05) is 18.7 Å². The van der Waals surface area contributed by atoms with Crippen molar-refractivity contribution in [2.24, 2.45) is 5.92 Å². The van der Waals surface area contributed by atoms with Crippen molar-refractivity contribution in [3.63, 3.8) is 0 Å². The van der Waals surface area contributed by atoms with Gasteiger partial charge in [-0.05, 0) is 62.3 Å². The first kappa shape index (κ1) is 18.8. The van der Waals surface area contributed by atoms with E-state index in [-0.39, 0.29) is 11.9 Å². The van der Waals surface area contributed by atoms with Crippen LogP contribution in [0.2, 0.25) is 0 Å². The molecule has 1 aliphatic heterocycles. The minimum Gasteiger partial charge on any atom is -0.497 e. The molecule has 1 saturated heterocycles. The Bertz CT molecular complexity index is 1020. The smallest absolute Gasteiger partial charge is 0.277 e. The fourth-order valence-corrected chi connectivity index (χ4v) is 4.17. The second kappa shape index (κ2) is 7.93. The number of amides is 1. The average molecular weight is 407 g/mol. The molecule has 1 aliphatic carbocycles. The number of hydrogen-bond donors (Lipinski definition) is 0. The number of oxazole rings is 1. The molecule has 0 bridgehead atoms. The van der Waals surface area contributed by atoms with Crippen LogP contribution in [-0.4, -0.2) is 44.2 Å². The van der Waals surface area contributed by atoms with Crippen LogP contribution >= 0.6 is 0 Å². The highest BCUT2D eigenvalue weighted by molar-refractivity contribution is 5.97. The van der Waals surface area contributed by atoms with Gasteiger partial charge in [0.15, 0.2) is 23.7 Å². The zero-order chi connectivity index (χ0) is 20.5. The van der Waals surface area contributed by atoms with E-state index in [4.69, 9.17) is 9.15 Å². The zero-order valence-corrected chi connectivity index (χ0v) is 17.0. The summed E-state index contributed by atoms with van der Waals surface area (Å²) in [6.45, 7) is 1.61. The fraction of sp³-hybridized carbons (Fsp3) is 0.455. The maximum atomic E-state index is 13.6. The van der Waals surface area contributed by atoms with Gasteiger partial charge in [-0.3, -0.25) is 4.79 Å². The summed E-state index contributed by atoms with van der Waals surface area (Å²) < 4.78 is 13.0. The standard InChI is InChI=1S/C22H25N5O3/c1-29-17-9-7-16(8-10-17)20-19(23-14-30-20)22(28)27-11-3-2-4-18(27)21-25-24-13-26(21)12-15-5-6-15/h7-10,13-15,18H,2-6,11-12H2,1H3. The molecule has 156 valence electrons. The third-order valence-electron chi connectivity index (χ3n) is 5.98. The molecule has 2 aliphatic rings. The first-order chi connectivity index (χ1) is 14.7. The van der Waals surface area contributed by atoms with Gasteiger partial charge in [-0.25, -0.2) is 4.98 Å². The van der Waals surface area contributed by atoms with Gasteiger partial charge in [0.1, 0.15) is 12.1 Å². The van der Waals surface area contributed by atoms with Crippen molar-refractivity contribution in [2.45, 2.75) is 44.7 Å². The van der Waals surface area contributed by atoms with Gasteiger partial charge in [-0.2, -0.15) is 0 Å². The quantitative estimate of drug-likeness (QED) is 0.619. The van der Waals surface area contributed by atoms with Gasteiger partial charge in [0.05, 0.1) is 13.2 Å². The molecule has 0 N–H and O–H groups in total. The maximum absolute atomic E-state index is 13.6. The Morgan fingerprint density at radius 2 is 2.03 bits per heavy atom. The molecule has 1 amide bonds. The molecule has 1 saturated carbocycles. The summed E-state index contributed by atoms with van der Waals surface area (Å²) in [5, 5.41) is 8.54. The van der Waals surface area contributed by atoms with Gasteiger partial charge >= 0.3 is 0 Å². The number of nitrogens with zero attached hydrogens (tertiary/aromatic N) is 5. The van der Waals surface area contributed by atoms with Gasteiger partial charge in [-0.15, -0.1) is 10.2 Å². The van der Waals surface area contributed by atoms with Crippen molar-refractivity contribution in [3.05, 3.63) is 48.5 Å². The molecule has 3 aromatic rings. The number of methoxy groups -OCH3 is 1. The normalized spacial score (nSPS) is 19.1. The number of carbonyl (C=O) groups excluding carboxylic acids is 1. The molecular formula is C22H25N5O3. The summed E-state index contributed by atoms with van der Waals surface area (Å²) in [6, 6.07) is 7.34. The summed E-state index contributed by atoms with van der Waals surface area (Å²) in [4.78, 5) is 19.7. The molecule has 3 heterocycles. The predicted octanol–water partition coefficient (Wildman–Crippen LogP) is 3.72. The average Bonchev–Trinajstić information content (AvgIpc) is 3.27. The van der Waals surface area contributed by atoms with Gasteiger partial charge in [0.2, 0.25) is 0 Å². The molecule has 8 nitrogen and oxygen atoms in total. The largest absolute Gasteiger partial charge is 0.497 e. The van der Waals surface area contributed by atoms with Crippen molar-refractivity contribution >= 4 is 5.91 Å². The van der Waals surface area contributed by atoms with Crippen LogP contribution < -0.4 is 4.74 Å². The Morgan fingerprint density at radius 3 is 2.80 bits per heavy atom. The second-order valence-electron chi connectivity index (χ2n) is 8.05. The number of benzene rings is 1. The van der Waals surface area contributed by atoms with E-state index in [1.54, 1.807) is 13.4 Å². The first-order valence-electron chi connectivity index (χ1n) is 10.5. The lowest BCUT2D eigenvalue weighted by Crippen LogP contribution is -2.40. The van der Waals surface area contributed by atoms with Crippen LogP contribution in [0.15, 0.2) is 41.4 Å². The Kier molecular flexibility index (Phi) is 4.98. The van der Waals surface area contributed by atoms with E-state index in [1.165, 1.54) is 19.2 Å². The summed E-state index contributed by atoms with van der Waals surface area (Å²) in [5.41, 5.74) is 1.13. The summed E-state index contributed by atoms with van der Waals surface area (Å²) in [5.74, 6) is 2.69. The summed E-state index contributed by atoms with van der Waals surface area (Å²) in [7, 11) is 1.62. The highest BCUT2D eigenvalue weighted by atomic mass is 16.5. The number of piperidine rings is 1. The first-order valence-corrected chi connectivity index (χ1v) is 10.5. The minimum atomic E-state index is -0.125. The monoisotopic (exact) mass is 407 g/mol. The van der Waals surface area contributed by atoms with Crippen LogP contribution in [0.25, 0.3) is 11.3 Å². The Balaban J connectivity index is 1.43. The molecule has 1 aromatic carbocycles. The zero-order valence-electron chi connectivity index (χ0n) is 17.0. The lowest BCUT2D eigenvalue weighted by molar-refractivity contribution is 0.0589. The Labute approximate surface area is 174 Å². The minimum absolute atomic E-state index is 0.0899. The Morgan fingerprint density at radius 1 is 1.20 bits per heavy atom. The van der Waals surface area contributed by atoms with Gasteiger partial charge < -0.3 is 18.6 Å². The molecule has 0 spiro atoms. The summed E-state index contributed by atoms with van der Waals surface area (Å²) >= 11 is 0. The van der Waals surface area contributed by atoms with Crippen LogP contribution in [0.1, 0.15) is 54.5 Å². The van der Waals surface area contributed by atoms with E-state index in [2.05, 4.69) is 19.7 Å². The predicted molar refractivity (Wildman–Crippen MR) is 109 cm³/mol. The molecule has 2 fully saturated rings. The highest BCUT2D eigenvalue weighted by Crippen LogP contribution is 2.35. The van der Waals surface area contributed by atoms with E-state index in [1.807, 2.05) is 29.2 Å². The summed E-state index contributed by atoms with van der Waals surface area (Å²) in [6.07, 6.45) is 8.56. The fourth-order valence-electron chi connectivity index (χ4n) is 4.17. The van der Waals surface area contributed by atoms with Crippen molar-refractivity contribution in [3.8, 4) is 17.1 Å². The molecule has 5 rings (SSSR count). The van der Waals surface area contributed by atoms with E-state index in [9.17, 15) is 4.79 Å². The number of carbonyl (C=O) groups is 1. The van der Waals surface area contributed by atoms with Crippen molar-refractivity contribution in [1.82, 2.24) is 24.6 Å².